The van der Waals surface area contributed by atoms with Crippen LogP contribution in [-0.2, 0) is 13.0 Å². The zero-order valence-corrected chi connectivity index (χ0v) is 9.02. The molecule has 0 atom stereocenters. The quantitative estimate of drug-likeness (QED) is 0.854. The molecule has 0 spiro atoms. The van der Waals surface area contributed by atoms with E-state index < -0.39 is 0 Å². The molecule has 2 N–H and O–H groups in total. The number of nitrogen functional groups attached to an aromatic ring is 1. The lowest BCUT2D eigenvalue weighted by Gasteiger charge is -2.02. The van der Waals surface area contributed by atoms with Crippen molar-refractivity contribution in [3.63, 3.8) is 0 Å². The molecule has 0 aliphatic rings. The van der Waals surface area contributed by atoms with E-state index in [0.29, 0.717) is 18.3 Å². The molecule has 0 bridgehead atoms. The zero-order valence-electron chi connectivity index (χ0n) is 9.02. The van der Waals surface area contributed by atoms with Crippen LogP contribution in [0.3, 0.4) is 0 Å². The van der Waals surface area contributed by atoms with Gasteiger partial charge in [0.05, 0.1) is 6.54 Å². The van der Waals surface area contributed by atoms with E-state index in [9.17, 15) is 4.39 Å². The van der Waals surface area contributed by atoms with Crippen molar-refractivity contribution in [1.29, 1.82) is 0 Å². The molecular formula is C11H13FN4. The van der Waals surface area contributed by atoms with Crippen LogP contribution in [-0.4, -0.2) is 14.8 Å². The lowest BCUT2D eigenvalue weighted by molar-refractivity contribution is 0.619. The van der Waals surface area contributed by atoms with Crippen LogP contribution < -0.4 is 5.73 Å². The summed E-state index contributed by atoms with van der Waals surface area (Å²) in [5, 5.41) is 4.21. The number of rotatable bonds is 3. The van der Waals surface area contributed by atoms with Crippen molar-refractivity contribution in [1.82, 2.24) is 14.8 Å². The Bertz CT molecular complexity index is 492. The first-order chi connectivity index (χ1) is 7.69. The third-order valence-corrected chi connectivity index (χ3v) is 2.28. The van der Waals surface area contributed by atoms with Gasteiger partial charge in [0.1, 0.15) is 5.82 Å². The Morgan fingerprint density at radius 1 is 1.44 bits per heavy atom. The molecule has 5 heteroatoms. The summed E-state index contributed by atoms with van der Waals surface area (Å²) in [7, 11) is 0. The maximum Gasteiger partial charge on any atom is 0.219 e. The molecule has 0 aliphatic carbocycles. The predicted molar refractivity (Wildman–Crippen MR) is 59.3 cm³/mol. The molecule has 1 heterocycles. The number of nitrogens with zero attached hydrogens (tertiary/aromatic N) is 3. The Labute approximate surface area is 92.9 Å². The van der Waals surface area contributed by atoms with Gasteiger partial charge in [0.15, 0.2) is 5.82 Å². The van der Waals surface area contributed by atoms with E-state index in [1.54, 1.807) is 10.7 Å². The van der Waals surface area contributed by atoms with Crippen molar-refractivity contribution in [2.24, 2.45) is 0 Å². The average molecular weight is 220 g/mol. The van der Waals surface area contributed by atoms with Crippen molar-refractivity contribution in [3.8, 4) is 0 Å². The van der Waals surface area contributed by atoms with Crippen LogP contribution in [0.5, 0.6) is 0 Å². The zero-order chi connectivity index (χ0) is 11.5. The van der Waals surface area contributed by atoms with E-state index in [1.165, 1.54) is 12.1 Å². The predicted octanol–water partition coefficient (Wildman–Crippen LogP) is 1.61. The topological polar surface area (TPSA) is 56.7 Å². The van der Waals surface area contributed by atoms with Crippen molar-refractivity contribution in [2.45, 2.75) is 19.9 Å². The minimum atomic E-state index is -0.257. The molecule has 0 amide bonds. The van der Waals surface area contributed by atoms with Crippen LogP contribution in [0, 0.1) is 5.82 Å². The Hall–Kier alpha value is -1.91. The highest BCUT2D eigenvalue weighted by Crippen LogP contribution is 2.08. The molecule has 84 valence electrons. The first-order valence-corrected chi connectivity index (χ1v) is 5.12. The molecule has 0 saturated heterocycles. The average Bonchev–Trinajstić information content (AvgIpc) is 2.60. The number of halogens is 1. The maximum atomic E-state index is 13.0. The second kappa shape index (κ2) is 4.30. The SMILES string of the molecule is CCc1nc(N)n(Cc2cccc(F)c2)n1. The van der Waals surface area contributed by atoms with Gasteiger partial charge >= 0.3 is 0 Å². The minimum Gasteiger partial charge on any atom is -0.368 e. The van der Waals surface area contributed by atoms with E-state index in [0.717, 1.165) is 12.0 Å². The second-order valence-electron chi connectivity index (χ2n) is 3.53. The lowest BCUT2D eigenvalue weighted by atomic mass is 10.2. The summed E-state index contributed by atoms with van der Waals surface area (Å²) >= 11 is 0. The van der Waals surface area contributed by atoms with Crippen molar-refractivity contribution >= 4 is 5.95 Å². The summed E-state index contributed by atoms with van der Waals surface area (Å²) in [6.45, 7) is 2.40. The van der Waals surface area contributed by atoms with Gasteiger partial charge in [-0.15, -0.1) is 0 Å². The number of aryl methyl sites for hydroxylation is 1. The molecule has 2 rings (SSSR count). The summed E-state index contributed by atoms with van der Waals surface area (Å²) in [4.78, 5) is 4.08. The van der Waals surface area contributed by atoms with Crippen LogP contribution >= 0.6 is 0 Å². The fourth-order valence-corrected chi connectivity index (χ4v) is 1.48. The minimum absolute atomic E-state index is 0.257. The van der Waals surface area contributed by atoms with Crippen molar-refractivity contribution in [2.75, 3.05) is 5.73 Å². The highest BCUT2D eigenvalue weighted by molar-refractivity contribution is 5.21. The Morgan fingerprint density at radius 3 is 2.88 bits per heavy atom. The van der Waals surface area contributed by atoms with E-state index >= 15 is 0 Å². The van der Waals surface area contributed by atoms with Gasteiger partial charge in [-0.05, 0) is 17.7 Å². The number of benzene rings is 1. The Morgan fingerprint density at radius 2 is 2.25 bits per heavy atom. The Kier molecular flexibility index (Phi) is 2.85. The standard InChI is InChI=1S/C11H13FN4/c1-2-10-14-11(13)16(15-10)7-8-4-3-5-9(12)6-8/h3-6H,2,7H2,1H3,(H2,13,14,15). The van der Waals surface area contributed by atoms with Crippen LogP contribution in [0.25, 0.3) is 0 Å². The molecule has 0 aliphatic heterocycles. The summed E-state index contributed by atoms with van der Waals surface area (Å²) < 4.78 is 14.5. The van der Waals surface area contributed by atoms with Crippen molar-refractivity contribution in [3.05, 3.63) is 41.5 Å². The molecule has 0 unspecified atom stereocenters. The van der Waals surface area contributed by atoms with Crippen LogP contribution in [0.15, 0.2) is 24.3 Å². The summed E-state index contributed by atoms with van der Waals surface area (Å²) in [6.07, 6.45) is 0.736. The van der Waals surface area contributed by atoms with Crippen LogP contribution in [0.1, 0.15) is 18.3 Å². The largest absolute Gasteiger partial charge is 0.368 e. The highest BCUT2D eigenvalue weighted by atomic mass is 19.1. The summed E-state index contributed by atoms with van der Waals surface area (Å²) in [5.74, 6) is 0.807. The lowest BCUT2D eigenvalue weighted by Crippen LogP contribution is -2.06. The van der Waals surface area contributed by atoms with Crippen LogP contribution in [0.4, 0.5) is 10.3 Å². The van der Waals surface area contributed by atoms with E-state index in [2.05, 4.69) is 10.1 Å². The third kappa shape index (κ3) is 2.18. The van der Waals surface area contributed by atoms with Gasteiger partial charge in [0.2, 0.25) is 5.95 Å². The Balaban J connectivity index is 2.23. The van der Waals surface area contributed by atoms with Gasteiger partial charge in [-0.2, -0.15) is 10.1 Å². The highest BCUT2D eigenvalue weighted by Gasteiger charge is 2.06. The monoisotopic (exact) mass is 220 g/mol. The van der Waals surface area contributed by atoms with Gasteiger partial charge in [-0.1, -0.05) is 19.1 Å². The smallest absolute Gasteiger partial charge is 0.219 e. The summed E-state index contributed by atoms with van der Waals surface area (Å²) in [5.41, 5.74) is 6.52. The molecule has 4 nitrogen and oxygen atoms in total. The molecule has 1 aromatic carbocycles. The third-order valence-electron chi connectivity index (χ3n) is 2.28. The van der Waals surface area contributed by atoms with Gasteiger partial charge < -0.3 is 5.73 Å². The number of nitrogens with two attached hydrogens (primary N) is 1. The number of aromatic nitrogens is 3. The molecule has 0 saturated carbocycles. The first-order valence-electron chi connectivity index (χ1n) is 5.12. The first kappa shape index (κ1) is 10.6. The summed E-state index contributed by atoms with van der Waals surface area (Å²) in [6, 6.07) is 6.37. The maximum absolute atomic E-state index is 13.0. The van der Waals surface area contributed by atoms with E-state index in [-0.39, 0.29) is 5.82 Å². The van der Waals surface area contributed by atoms with Gasteiger partial charge in [-0.3, -0.25) is 0 Å². The normalized spacial score (nSPS) is 10.6. The molecule has 2 aromatic rings. The van der Waals surface area contributed by atoms with Crippen LogP contribution in [0.2, 0.25) is 0 Å². The molecular weight excluding hydrogens is 207 g/mol. The van der Waals surface area contributed by atoms with E-state index in [4.69, 9.17) is 5.73 Å². The fourth-order valence-electron chi connectivity index (χ4n) is 1.48. The molecule has 0 fully saturated rings. The molecule has 0 radical (unpaired) electrons. The van der Waals surface area contributed by atoms with Gasteiger partial charge in [0, 0.05) is 6.42 Å². The number of anilines is 1. The number of hydrogen-bond donors (Lipinski definition) is 1. The van der Waals surface area contributed by atoms with Gasteiger partial charge in [0.25, 0.3) is 0 Å². The number of hydrogen-bond acceptors (Lipinski definition) is 3. The van der Waals surface area contributed by atoms with Gasteiger partial charge in [-0.25, -0.2) is 9.07 Å². The van der Waals surface area contributed by atoms with E-state index in [1.807, 2.05) is 13.0 Å². The van der Waals surface area contributed by atoms with Crippen molar-refractivity contribution < 1.29 is 4.39 Å². The second-order valence-corrected chi connectivity index (χ2v) is 3.53. The molecule has 1 aromatic heterocycles. The molecule has 16 heavy (non-hydrogen) atoms. The fraction of sp³-hybridized carbons (Fsp3) is 0.273.